The molecule has 37 heavy (non-hydrogen) atoms. The largest absolute Gasteiger partial charge is 0.491 e. The molecule has 0 spiro atoms. The highest BCUT2D eigenvalue weighted by molar-refractivity contribution is 8.26. The molecule has 3 heterocycles. The second kappa shape index (κ2) is 10.8. The minimum atomic E-state index is -0.404. The number of nitrogens with one attached hydrogen (secondary N) is 1. The zero-order valence-corrected chi connectivity index (χ0v) is 22.2. The minimum Gasteiger partial charge on any atom is -0.491 e. The molecule has 0 unspecified atom stereocenters. The number of carbonyl (C=O) groups excluding carboxylic acids is 1. The van der Waals surface area contributed by atoms with Crippen LogP contribution in [0.3, 0.4) is 0 Å². The first-order valence-corrected chi connectivity index (χ1v) is 13.6. The van der Waals surface area contributed by atoms with Crippen LogP contribution in [0.4, 0.5) is 0 Å². The Bertz CT molecular complexity index is 1450. The van der Waals surface area contributed by atoms with Crippen molar-refractivity contribution in [2.75, 3.05) is 6.61 Å². The van der Waals surface area contributed by atoms with Gasteiger partial charge < -0.3 is 9.30 Å². The number of carbonyl (C=O) groups is 1. The van der Waals surface area contributed by atoms with E-state index in [1.807, 2.05) is 36.5 Å². The molecule has 8 heteroatoms. The number of fused-ring (bicyclic) bond motifs is 2. The Hall–Kier alpha value is -3.65. The van der Waals surface area contributed by atoms with Gasteiger partial charge in [-0.05, 0) is 60.7 Å². The number of amides is 1. The number of ether oxygens (including phenoxy) is 1. The molecule has 0 saturated carbocycles. The Morgan fingerprint density at radius 3 is 2.73 bits per heavy atom. The first kappa shape index (κ1) is 25.0. The summed E-state index contributed by atoms with van der Waals surface area (Å²) in [4.78, 5) is 17.1. The van der Waals surface area contributed by atoms with Crippen molar-refractivity contribution >= 4 is 50.7 Å². The van der Waals surface area contributed by atoms with E-state index in [0.717, 1.165) is 46.5 Å². The molecule has 1 atom stereocenters. The minimum absolute atomic E-state index is 0.0652. The molecule has 1 aromatic heterocycles. The van der Waals surface area contributed by atoms with Gasteiger partial charge in [0.25, 0.3) is 5.91 Å². The fourth-order valence-electron chi connectivity index (χ4n) is 4.57. The molecule has 1 N–H and O–H groups in total. The number of aliphatic imine (C=N–C) groups is 1. The van der Waals surface area contributed by atoms with E-state index in [4.69, 9.17) is 10.1 Å². The van der Waals surface area contributed by atoms with Crippen LogP contribution in [-0.2, 0) is 11.3 Å². The number of amidine groups is 2. The van der Waals surface area contributed by atoms with Crippen LogP contribution in [0.1, 0.15) is 57.1 Å². The number of hydrogen-bond acceptors (Lipinski definition) is 5. The van der Waals surface area contributed by atoms with Crippen LogP contribution in [0.15, 0.2) is 70.4 Å². The molecule has 190 valence electrons. The van der Waals surface area contributed by atoms with Gasteiger partial charge in [0.15, 0.2) is 5.84 Å². The number of hydrazone groups is 1. The van der Waals surface area contributed by atoms with Crippen LogP contribution >= 0.6 is 11.8 Å². The van der Waals surface area contributed by atoms with Crippen LogP contribution < -0.4 is 4.74 Å². The summed E-state index contributed by atoms with van der Waals surface area (Å²) in [6.07, 6.45) is 6.59. The summed E-state index contributed by atoms with van der Waals surface area (Å²) in [6.45, 7) is 7.65. The Morgan fingerprint density at radius 2 is 1.92 bits per heavy atom. The van der Waals surface area contributed by atoms with Gasteiger partial charge in [-0.15, -0.1) is 0 Å². The molecule has 0 bridgehead atoms. The lowest BCUT2D eigenvalue weighted by atomic mass is 9.98. The van der Waals surface area contributed by atoms with Crippen LogP contribution in [0.25, 0.3) is 17.0 Å². The molecule has 0 aliphatic carbocycles. The van der Waals surface area contributed by atoms with E-state index in [-0.39, 0.29) is 11.4 Å². The Morgan fingerprint density at radius 1 is 1.14 bits per heavy atom. The highest BCUT2D eigenvalue weighted by Gasteiger charge is 2.35. The van der Waals surface area contributed by atoms with Crippen molar-refractivity contribution in [1.82, 2.24) is 9.58 Å². The van der Waals surface area contributed by atoms with Crippen molar-refractivity contribution in [3.8, 4) is 5.75 Å². The maximum atomic E-state index is 12.9. The van der Waals surface area contributed by atoms with Crippen LogP contribution in [0.2, 0.25) is 0 Å². The number of hydrogen-bond donors (Lipinski definition) is 1. The van der Waals surface area contributed by atoms with Gasteiger partial charge >= 0.3 is 0 Å². The van der Waals surface area contributed by atoms with Crippen LogP contribution in [0, 0.1) is 5.41 Å². The van der Waals surface area contributed by atoms with Crippen LogP contribution in [0.5, 0.6) is 5.75 Å². The van der Waals surface area contributed by atoms with Gasteiger partial charge in [-0.3, -0.25) is 10.2 Å². The predicted molar refractivity (Wildman–Crippen MR) is 152 cm³/mol. The molecule has 2 aromatic carbocycles. The van der Waals surface area contributed by atoms with E-state index in [9.17, 15) is 4.79 Å². The van der Waals surface area contributed by atoms with Crippen molar-refractivity contribution in [1.29, 1.82) is 5.41 Å². The average molecular weight is 514 g/mol. The summed E-state index contributed by atoms with van der Waals surface area (Å²) in [5.74, 6) is 1.02. The number of para-hydroxylation sites is 2. The van der Waals surface area contributed by atoms with E-state index in [1.165, 1.54) is 22.3 Å². The monoisotopic (exact) mass is 513 g/mol. The quantitative estimate of drug-likeness (QED) is 0.325. The van der Waals surface area contributed by atoms with E-state index in [0.29, 0.717) is 24.2 Å². The second-order valence-electron chi connectivity index (χ2n) is 9.25. The smallest absolute Gasteiger partial charge is 0.283 e. The molecular formula is C29H31N5O2S. The lowest BCUT2D eigenvalue weighted by Crippen LogP contribution is -2.35. The van der Waals surface area contributed by atoms with Gasteiger partial charge in [0, 0.05) is 22.7 Å². The van der Waals surface area contributed by atoms with Crippen LogP contribution in [-0.4, -0.2) is 38.1 Å². The van der Waals surface area contributed by atoms with E-state index in [1.54, 1.807) is 6.08 Å². The predicted octanol–water partition coefficient (Wildman–Crippen LogP) is 6.65. The van der Waals surface area contributed by atoms with Gasteiger partial charge in [0.2, 0.25) is 5.17 Å². The number of rotatable bonds is 9. The summed E-state index contributed by atoms with van der Waals surface area (Å²) < 4.78 is 8.36. The highest BCUT2D eigenvalue weighted by atomic mass is 32.2. The molecular weight excluding hydrogens is 482 g/mol. The number of thioether (sulfide) groups is 1. The van der Waals surface area contributed by atoms with E-state index >= 15 is 0 Å². The fourth-order valence-corrected chi connectivity index (χ4v) is 5.56. The molecule has 2 aliphatic heterocycles. The molecule has 5 rings (SSSR count). The molecule has 0 saturated heterocycles. The van der Waals surface area contributed by atoms with Gasteiger partial charge in [-0.2, -0.15) is 15.1 Å². The lowest BCUT2D eigenvalue weighted by molar-refractivity contribution is -0.114. The molecule has 7 nitrogen and oxygen atoms in total. The Kier molecular flexibility index (Phi) is 7.28. The Labute approximate surface area is 221 Å². The van der Waals surface area contributed by atoms with Crippen molar-refractivity contribution in [3.63, 3.8) is 0 Å². The molecule has 0 fully saturated rings. The zero-order valence-electron chi connectivity index (χ0n) is 21.4. The topological polar surface area (TPSA) is 83.0 Å². The van der Waals surface area contributed by atoms with Crippen molar-refractivity contribution in [2.24, 2.45) is 10.1 Å². The highest BCUT2D eigenvalue weighted by Crippen LogP contribution is 2.32. The first-order chi connectivity index (χ1) is 18.0. The SMILES string of the molecule is CCCC1=NN2C(=N)/C(=C\c3cn(CCOc4ccccc4[C@H](C)CC)c4ccccc34)C(=O)N=C2S1. The Balaban J connectivity index is 1.40. The normalized spacial score (nSPS) is 17.3. The first-order valence-electron chi connectivity index (χ1n) is 12.8. The van der Waals surface area contributed by atoms with Gasteiger partial charge in [0.05, 0.1) is 12.1 Å². The number of aromatic nitrogens is 1. The maximum Gasteiger partial charge on any atom is 0.283 e. The van der Waals surface area contributed by atoms with Crippen molar-refractivity contribution < 1.29 is 9.53 Å². The third kappa shape index (κ3) is 4.98. The zero-order chi connectivity index (χ0) is 25.9. The van der Waals surface area contributed by atoms with Gasteiger partial charge in [-0.25, -0.2) is 0 Å². The maximum absolute atomic E-state index is 12.9. The number of nitrogens with zero attached hydrogens (tertiary/aromatic N) is 4. The summed E-state index contributed by atoms with van der Waals surface area (Å²) in [7, 11) is 0. The van der Waals surface area contributed by atoms with Crippen molar-refractivity contribution in [2.45, 2.75) is 52.5 Å². The summed E-state index contributed by atoms with van der Waals surface area (Å²) >= 11 is 1.37. The van der Waals surface area contributed by atoms with Gasteiger partial charge in [0.1, 0.15) is 17.4 Å². The molecule has 1 amide bonds. The molecule has 3 aromatic rings. The summed E-state index contributed by atoms with van der Waals surface area (Å²) in [5, 5.41) is 17.0. The third-order valence-electron chi connectivity index (χ3n) is 6.73. The van der Waals surface area contributed by atoms with Crippen molar-refractivity contribution in [3.05, 3.63) is 71.4 Å². The second-order valence-corrected chi connectivity index (χ2v) is 10.3. The van der Waals surface area contributed by atoms with E-state index < -0.39 is 5.91 Å². The average Bonchev–Trinajstić information content (AvgIpc) is 3.47. The summed E-state index contributed by atoms with van der Waals surface area (Å²) in [6, 6.07) is 16.3. The van der Waals surface area contributed by atoms with Gasteiger partial charge in [-0.1, -0.05) is 57.2 Å². The third-order valence-corrected chi connectivity index (χ3v) is 7.70. The molecule has 0 radical (unpaired) electrons. The standard InChI is InChI=1S/C29H31N5O2S/c1-4-10-26-32-34-27(30)23(28(35)31-29(34)37-26)17-20-18-33(24-13-8-6-12-22(20)24)15-16-36-25-14-9-7-11-21(25)19(3)5-2/h6-9,11-14,17-19,30H,4-5,10,15-16H2,1-3H3/b23-17+,30-27?/t19-/m1/s1. The fraction of sp³-hybridized carbons (Fsp3) is 0.310. The van der Waals surface area contributed by atoms with E-state index in [2.05, 4.69) is 53.6 Å². The summed E-state index contributed by atoms with van der Waals surface area (Å²) in [5.41, 5.74) is 3.39. The number of benzene rings is 2. The lowest BCUT2D eigenvalue weighted by Gasteiger charge is -2.20. The molecule has 2 aliphatic rings.